The molecule has 2 amide bonds. The molecule has 0 fully saturated rings. The summed E-state index contributed by atoms with van der Waals surface area (Å²) < 4.78 is 145. The molecule has 0 atom stereocenters. The number of thiazole rings is 1. The van der Waals surface area contributed by atoms with Crippen LogP contribution in [0.1, 0.15) is 31.3 Å². The summed E-state index contributed by atoms with van der Waals surface area (Å²) in [6.45, 7) is 1.42. The highest BCUT2D eigenvalue weighted by atomic mass is 32.2. The van der Waals surface area contributed by atoms with Crippen molar-refractivity contribution in [2.45, 2.75) is 32.7 Å². The first-order chi connectivity index (χ1) is 29.3. The minimum absolute atomic E-state index is 0.0598. The number of primary sulfonamides is 2. The number of amides is 2. The highest BCUT2D eigenvalue weighted by Gasteiger charge is 2.31. The van der Waals surface area contributed by atoms with Gasteiger partial charge in [0.05, 0.1) is 11.3 Å². The minimum Gasteiger partial charge on any atom is -0.456 e. The second-order valence-corrected chi connectivity index (χ2v) is 20.5. The fourth-order valence-electron chi connectivity index (χ4n) is 5.74. The van der Waals surface area contributed by atoms with Crippen molar-refractivity contribution >= 4 is 74.2 Å². The summed E-state index contributed by atoms with van der Waals surface area (Å²) in [5.41, 5.74) is 1.02. The molecule has 0 aliphatic heterocycles. The van der Waals surface area contributed by atoms with Crippen molar-refractivity contribution in [3.8, 4) is 21.9 Å². The topological polar surface area (TPSA) is 273 Å². The highest BCUT2D eigenvalue weighted by Crippen LogP contribution is 2.34. The lowest BCUT2D eigenvalue weighted by molar-refractivity contribution is -0.137. The molecule has 0 unspecified atom stereocenters. The van der Waals surface area contributed by atoms with Crippen molar-refractivity contribution < 1.29 is 60.8 Å². The van der Waals surface area contributed by atoms with E-state index < -0.39 is 83.2 Å². The Morgan fingerprint density at radius 3 is 1.62 bits per heavy atom. The number of sulfonamides is 4. The Hall–Kier alpha value is -6.28. The molecule has 24 heteroatoms. The van der Waals surface area contributed by atoms with Crippen molar-refractivity contribution in [3.05, 3.63) is 149 Å². The number of hydrogen-bond donors (Lipinski definition) is 4. The van der Waals surface area contributed by atoms with Gasteiger partial charge in [-0.2, -0.15) is 13.2 Å². The number of carbonyl (C=O) groups is 2. The Kier molecular flexibility index (Phi) is 12.8. The van der Waals surface area contributed by atoms with E-state index in [1.807, 2.05) is 35.1 Å². The molecular weight excluding hydrogens is 932 g/mol. The first-order valence-corrected chi connectivity index (χ1v) is 24.3. The van der Waals surface area contributed by atoms with Crippen LogP contribution in [0.15, 0.2) is 151 Å². The fourth-order valence-corrected chi connectivity index (χ4v) is 11.5. The summed E-state index contributed by atoms with van der Waals surface area (Å²) in [7, 11) is -17.8. The van der Waals surface area contributed by atoms with Gasteiger partial charge in [-0.1, -0.05) is 66.7 Å². The van der Waals surface area contributed by atoms with Gasteiger partial charge in [-0.15, -0.1) is 11.3 Å². The van der Waals surface area contributed by atoms with E-state index in [0.717, 1.165) is 53.3 Å². The zero-order valence-corrected chi connectivity index (χ0v) is 36.0. The van der Waals surface area contributed by atoms with Gasteiger partial charge in [0, 0.05) is 22.1 Å². The summed E-state index contributed by atoms with van der Waals surface area (Å²) in [6.07, 6.45) is -4.51. The van der Waals surface area contributed by atoms with E-state index in [9.17, 15) is 56.4 Å². The Morgan fingerprint density at radius 1 is 0.619 bits per heavy atom. The number of furan rings is 1. The van der Waals surface area contributed by atoms with E-state index in [1.54, 1.807) is 16.9 Å². The predicted molar refractivity (Wildman–Crippen MR) is 224 cm³/mol. The molecular formula is C39H30F3N5O11S5. The number of rotatable bonds is 10. The summed E-state index contributed by atoms with van der Waals surface area (Å²) in [5.74, 6) is -1.40. The van der Waals surface area contributed by atoms with Gasteiger partial charge in [-0.05, 0) is 67.6 Å². The number of fused-ring (bicyclic) bond motifs is 1. The van der Waals surface area contributed by atoms with Gasteiger partial charge < -0.3 is 4.42 Å². The second kappa shape index (κ2) is 17.5. The Labute approximate surface area is 361 Å². The zero-order chi connectivity index (χ0) is 46.1. The number of hydrogen-bond acceptors (Lipinski definition) is 13. The molecule has 2 heterocycles. The van der Waals surface area contributed by atoms with E-state index in [0.29, 0.717) is 22.3 Å². The Bertz CT molecular complexity index is 3360. The molecule has 6 N–H and O–H groups in total. The summed E-state index contributed by atoms with van der Waals surface area (Å²) in [4.78, 5) is 26.6. The molecule has 0 aliphatic carbocycles. The third kappa shape index (κ3) is 10.7. The lowest BCUT2D eigenvalue weighted by Gasteiger charge is -2.10. The molecule has 0 bridgehead atoms. The summed E-state index contributed by atoms with van der Waals surface area (Å²) in [5, 5.41) is 10.9. The number of carbonyl (C=O) groups excluding carboxylic acids is 2. The van der Waals surface area contributed by atoms with Crippen molar-refractivity contribution in [1.82, 2.24) is 14.4 Å². The predicted octanol–water partition coefficient (Wildman–Crippen LogP) is 5.77. The minimum atomic E-state index is -4.62. The van der Waals surface area contributed by atoms with Gasteiger partial charge in [0.15, 0.2) is 0 Å². The average molecular weight is 962 g/mol. The van der Waals surface area contributed by atoms with E-state index in [-0.39, 0.29) is 21.1 Å². The maximum Gasteiger partial charge on any atom is 0.416 e. The van der Waals surface area contributed by atoms with Crippen LogP contribution in [0.25, 0.3) is 32.9 Å². The van der Waals surface area contributed by atoms with Gasteiger partial charge in [-0.25, -0.2) is 58.4 Å². The quantitative estimate of drug-likeness (QED) is 0.127. The number of nitrogens with one attached hydrogen (secondary N) is 2. The smallest absolute Gasteiger partial charge is 0.416 e. The highest BCUT2D eigenvalue weighted by molar-refractivity contribution is 7.93. The lowest BCUT2D eigenvalue weighted by atomic mass is 10.1. The Morgan fingerprint density at radius 2 is 1.11 bits per heavy atom. The van der Waals surface area contributed by atoms with Crippen LogP contribution in [-0.4, -0.2) is 50.5 Å². The van der Waals surface area contributed by atoms with Gasteiger partial charge in [-0.3, -0.25) is 9.59 Å². The standard InChI is InChI=1S/C21H16N2O6S2.C18H14F3N3O5S3/c22-30(25,26)19-8-4-5-9-20(19)31(27,28)23-21(24)15-10-11-17-16(12-15)13-18(29-17)14-6-2-1-3-7-14;1-10-15(30-17(23-10)11-6-8-12(9-7-11)18(19,20)21)16(25)24-32(28,29)14-5-3-2-4-13(14)31(22,26)27/h1-13H,(H,23,24)(H2,22,25,26);2-9H,1H3,(H,24,25)(H2,22,26,27). The van der Waals surface area contributed by atoms with Crippen molar-refractivity contribution in [1.29, 1.82) is 0 Å². The molecule has 7 aromatic rings. The molecule has 0 radical (unpaired) electrons. The molecule has 2 aromatic heterocycles. The van der Waals surface area contributed by atoms with Gasteiger partial charge in [0.1, 0.15) is 40.8 Å². The molecule has 0 saturated carbocycles. The van der Waals surface area contributed by atoms with Crippen LogP contribution in [0.5, 0.6) is 0 Å². The van der Waals surface area contributed by atoms with Crippen LogP contribution in [0.3, 0.4) is 0 Å². The van der Waals surface area contributed by atoms with Crippen LogP contribution >= 0.6 is 11.3 Å². The lowest BCUT2D eigenvalue weighted by Crippen LogP contribution is -2.32. The van der Waals surface area contributed by atoms with E-state index in [4.69, 9.17) is 14.7 Å². The van der Waals surface area contributed by atoms with E-state index in [2.05, 4.69) is 4.98 Å². The first-order valence-electron chi connectivity index (χ1n) is 17.5. The third-order valence-electron chi connectivity index (χ3n) is 8.64. The number of benzene rings is 5. The van der Waals surface area contributed by atoms with Crippen LogP contribution < -0.4 is 19.7 Å². The van der Waals surface area contributed by atoms with Crippen molar-refractivity contribution in [2.75, 3.05) is 0 Å². The molecule has 328 valence electrons. The SMILES string of the molecule is Cc1nc(-c2ccc(C(F)(F)F)cc2)sc1C(=O)NS(=O)(=O)c1ccccc1S(N)(=O)=O.NS(=O)(=O)c1ccccc1S(=O)(=O)NC(=O)c1ccc2oc(-c3ccccc3)cc2c1. The van der Waals surface area contributed by atoms with E-state index >= 15 is 0 Å². The van der Waals surface area contributed by atoms with Gasteiger partial charge in [0.25, 0.3) is 31.9 Å². The molecule has 0 aliphatic rings. The van der Waals surface area contributed by atoms with Gasteiger partial charge in [0.2, 0.25) is 20.0 Å². The van der Waals surface area contributed by atoms with E-state index in [1.165, 1.54) is 55.5 Å². The third-order valence-corrected chi connectivity index (χ3v) is 14.8. The Balaban J connectivity index is 0.000000210. The molecule has 5 aromatic carbocycles. The monoisotopic (exact) mass is 961 g/mol. The normalized spacial score (nSPS) is 12.3. The number of halogens is 3. The fraction of sp³-hybridized carbons (Fsp3) is 0.0513. The van der Waals surface area contributed by atoms with Crippen molar-refractivity contribution in [2.24, 2.45) is 10.3 Å². The maximum atomic E-state index is 12.7. The number of nitrogens with zero attached hydrogens (tertiary/aromatic N) is 1. The van der Waals surface area contributed by atoms with Crippen LogP contribution in [0.4, 0.5) is 13.2 Å². The largest absolute Gasteiger partial charge is 0.456 e. The molecule has 7 rings (SSSR count). The summed E-state index contributed by atoms with van der Waals surface area (Å²) >= 11 is 0.768. The first kappa shape index (κ1) is 46.2. The van der Waals surface area contributed by atoms with Gasteiger partial charge >= 0.3 is 6.18 Å². The molecule has 0 spiro atoms. The van der Waals surface area contributed by atoms with Crippen LogP contribution in [0.2, 0.25) is 0 Å². The zero-order valence-electron chi connectivity index (χ0n) is 31.9. The van der Waals surface area contributed by atoms with Crippen molar-refractivity contribution in [3.63, 3.8) is 0 Å². The molecule has 0 saturated heterocycles. The number of alkyl halides is 3. The van der Waals surface area contributed by atoms with Crippen LogP contribution in [0, 0.1) is 6.92 Å². The summed E-state index contributed by atoms with van der Waals surface area (Å²) in [6, 6.07) is 28.9. The second-order valence-electron chi connectivity index (χ2n) is 13.1. The average Bonchev–Trinajstić information content (AvgIpc) is 3.84. The van der Waals surface area contributed by atoms with Crippen LogP contribution in [-0.2, 0) is 46.3 Å². The maximum absolute atomic E-state index is 12.7. The number of aromatic nitrogens is 1. The molecule has 63 heavy (non-hydrogen) atoms. The number of nitrogens with two attached hydrogens (primary N) is 2. The molecule has 16 nitrogen and oxygen atoms in total. The number of aryl methyl sites for hydroxylation is 1.